The molecule has 1 aliphatic rings. The molecule has 1 amide bonds. The molecule has 5 nitrogen and oxygen atoms in total. The van der Waals surface area contributed by atoms with Crippen molar-refractivity contribution in [3.63, 3.8) is 0 Å². The predicted molar refractivity (Wildman–Crippen MR) is 104 cm³/mol. The van der Waals surface area contributed by atoms with Crippen LogP contribution in [0.5, 0.6) is 0 Å². The summed E-state index contributed by atoms with van der Waals surface area (Å²) < 4.78 is 31.3. The van der Waals surface area contributed by atoms with Crippen LogP contribution in [0.25, 0.3) is 0 Å². The first kappa shape index (κ1) is 20.4. The Kier molecular flexibility index (Phi) is 6.41. The number of amides is 1. The quantitative estimate of drug-likeness (QED) is 0.710. The van der Waals surface area contributed by atoms with Crippen LogP contribution in [0.2, 0.25) is 0 Å². The molecule has 0 aliphatic heterocycles. The third-order valence-corrected chi connectivity index (χ3v) is 6.03. The Hall–Kier alpha value is -2.32. The van der Waals surface area contributed by atoms with Crippen LogP contribution in [0.3, 0.4) is 0 Å². The van der Waals surface area contributed by atoms with Crippen molar-refractivity contribution < 1.29 is 23.1 Å². The minimum Gasteiger partial charge on any atom is -0.465 e. The van der Waals surface area contributed by atoms with Gasteiger partial charge in [0.2, 0.25) is 5.91 Å². The molecule has 1 aromatic heterocycles. The van der Waals surface area contributed by atoms with Crippen molar-refractivity contribution in [2.45, 2.75) is 38.6 Å². The topological polar surface area (TPSA) is 67.4 Å². The summed E-state index contributed by atoms with van der Waals surface area (Å²) in [5.74, 6) is -2.61. The molecule has 0 unspecified atom stereocenters. The van der Waals surface area contributed by atoms with Gasteiger partial charge in [-0.25, -0.2) is 13.6 Å². The van der Waals surface area contributed by atoms with Gasteiger partial charge in [0.25, 0.3) is 0 Å². The second kappa shape index (κ2) is 8.79. The van der Waals surface area contributed by atoms with Crippen molar-refractivity contribution in [1.82, 2.24) is 5.32 Å². The normalized spacial score (nSPS) is 14.3. The number of hydrogen-bond donors (Lipinski definition) is 2. The highest BCUT2D eigenvalue weighted by atomic mass is 32.1. The molecule has 2 aromatic rings. The van der Waals surface area contributed by atoms with Crippen LogP contribution in [0, 0.1) is 11.6 Å². The van der Waals surface area contributed by atoms with Gasteiger partial charge in [0.15, 0.2) is 11.6 Å². The first-order chi connectivity index (χ1) is 13.4. The number of aryl methyl sites for hydroxylation is 1. The van der Waals surface area contributed by atoms with Gasteiger partial charge in [-0.05, 0) is 55.9 Å². The van der Waals surface area contributed by atoms with Crippen LogP contribution in [0.15, 0.2) is 18.2 Å². The first-order valence-corrected chi connectivity index (χ1v) is 9.93. The number of fused-ring (bicyclic) bond motifs is 1. The highest BCUT2D eigenvalue weighted by Gasteiger charge is 2.26. The average molecular weight is 408 g/mol. The van der Waals surface area contributed by atoms with E-state index in [0.29, 0.717) is 16.1 Å². The number of benzene rings is 1. The molecule has 0 fully saturated rings. The summed E-state index contributed by atoms with van der Waals surface area (Å²) in [5, 5.41) is 6.28. The van der Waals surface area contributed by atoms with Crippen LogP contribution in [-0.4, -0.2) is 25.5 Å². The molecule has 0 saturated carbocycles. The number of thiophene rings is 1. The molecule has 28 heavy (non-hydrogen) atoms. The van der Waals surface area contributed by atoms with Crippen LogP contribution >= 0.6 is 11.3 Å². The maximum atomic E-state index is 13.4. The van der Waals surface area contributed by atoms with Crippen molar-refractivity contribution in [2.24, 2.45) is 0 Å². The maximum absolute atomic E-state index is 13.4. The predicted octanol–water partition coefficient (Wildman–Crippen LogP) is 3.98. The Morgan fingerprint density at radius 2 is 1.96 bits per heavy atom. The van der Waals surface area contributed by atoms with E-state index < -0.39 is 17.6 Å². The van der Waals surface area contributed by atoms with Crippen molar-refractivity contribution in [1.29, 1.82) is 0 Å². The second-order valence-electron chi connectivity index (χ2n) is 6.73. The van der Waals surface area contributed by atoms with E-state index in [1.165, 1.54) is 24.5 Å². The van der Waals surface area contributed by atoms with Gasteiger partial charge in [-0.3, -0.25) is 4.79 Å². The summed E-state index contributed by atoms with van der Waals surface area (Å²) in [6.07, 6.45) is 3.77. The van der Waals surface area contributed by atoms with E-state index in [4.69, 9.17) is 4.74 Å². The second-order valence-corrected chi connectivity index (χ2v) is 7.84. The zero-order valence-corrected chi connectivity index (χ0v) is 16.6. The lowest BCUT2D eigenvalue weighted by atomic mass is 9.95. The number of carbonyl (C=O) groups excluding carboxylic acids is 2. The summed E-state index contributed by atoms with van der Waals surface area (Å²) in [5.41, 5.74) is 1.96. The molecule has 2 N–H and O–H groups in total. The number of methoxy groups -OCH3 is 1. The molecule has 1 heterocycles. The summed E-state index contributed by atoms with van der Waals surface area (Å²) in [4.78, 5) is 25.7. The highest BCUT2D eigenvalue weighted by Crippen LogP contribution is 2.38. The van der Waals surface area contributed by atoms with Crippen LogP contribution in [-0.2, 0) is 22.4 Å². The molecule has 0 spiro atoms. The minimum absolute atomic E-state index is 0.0384. The molecule has 0 saturated heterocycles. The summed E-state index contributed by atoms with van der Waals surface area (Å²) >= 11 is 1.42. The van der Waals surface area contributed by atoms with Crippen LogP contribution in [0.1, 0.15) is 52.2 Å². The van der Waals surface area contributed by atoms with E-state index in [0.717, 1.165) is 48.3 Å². The number of rotatable bonds is 6. The van der Waals surface area contributed by atoms with Gasteiger partial charge < -0.3 is 15.4 Å². The fourth-order valence-electron chi connectivity index (χ4n) is 3.29. The van der Waals surface area contributed by atoms with E-state index >= 15 is 0 Å². The van der Waals surface area contributed by atoms with Gasteiger partial charge in [-0.15, -0.1) is 11.3 Å². The number of anilines is 1. The lowest BCUT2D eigenvalue weighted by Crippen LogP contribution is -2.30. The molecule has 1 atom stereocenters. The van der Waals surface area contributed by atoms with Crippen molar-refractivity contribution in [3.05, 3.63) is 51.4 Å². The van der Waals surface area contributed by atoms with Gasteiger partial charge in [0.1, 0.15) is 5.00 Å². The van der Waals surface area contributed by atoms with Gasteiger partial charge in [0.05, 0.1) is 19.2 Å². The van der Waals surface area contributed by atoms with Crippen molar-refractivity contribution in [3.8, 4) is 0 Å². The van der Waals surface area contributed by atoms with Gasteiger partial charge >= 0.3 is 5.97 Å². The summed E-state index contributed by atoms with van der Waals surface area (Å²) in [6.45, 7) is 1.72. The molecule has 1 aliphatic carbocycles. The number of ether oxygens (including phenoxy) is 1. The number of carbonyl (C=O) groups is 2. The fraction of sp³-hybridized carbons (Fsp3) is 0.400. The van der Waals surface area contributed by atoms with E-state index in [-0.39, 0.29) is 18.5 Å². The number of halogens is 2. The molecule has 0 bridgehead atoms. The molecular weight excluding hydrogens is 386 g/mol. The Bertz CT molecular complexity index is 898. The summed E-state index contributed by atoms with van der Waals surface area (Å²) in [7, 11) is 1.33. The Labute approximate surface area is 166 Å². The minimum atomic E-state index is -0.928. The Morgan fingerprint density at radius 1 is 1.21 bits per heavy atom. The molecule has 3 rings (SSSR count). The molecular formula is C20H22F2N2O3S. The number of esters is 1. The lowest BCUT2D eigenvalue weighted by molar-refractivity contribution is -0.115. The van der Waals surface area contributed by atoms with E-state index in [9.17, 15) is 18.4 Å². The lowest BCUT2D eigenvalue weighted by Gasteiger charge is -2.14. The Balaban J connectivity index is 1.67. The number of nitrogens with one attached hydrogen (secondary N) is 2. The fourth-order valence-corrected chi connectivity index (χ4v) is 4.58. The number of hydrogen-bond acceptors (Lipinski definition) is 5. The van der Waals surface area contributed by atoms with E-state index in [1.807, 2.05) is 0 Å². The highest BCUT2D eigenvalue weighted by molar-refractivity contribution is 7.17. The van der Waals surface area contributed by atoms with Gasteiger partial charge in [-0.1, -0.05) is 6.07 Å². The average Bonchev–Trinajstić information content (AvgIpc) is 3.05. The SMILES string of the molecule is COC(=O)c1c(NC(=O)CN[C@H](C)c2ccc(F)c(F)c2)sc2c1CCCC2. The third kappa shape index (κ3) is 4.39. The van der Waals surface area contributed by atoms with Crippen molar-refractivity contribution in [2.75, 3.05) is 19.0 Å². The zero-order chi connectivity index (χ0) is 20.3. The smallest absolute Gasteiger partial charge is 0.341 e. The van der Waals surface area contributed by atoms with Gasteiger partial charge in [0, 0.05) is 10.9 Å². The van der Waals surface area contributed by atoms with E-state index in [1.54, 1.807) is 6.92 Å². The maximum Gasteiger partial charge on any atom is 0.341 e. The van der Waals surface area contributed by atoms with E-state index in [2.05, 4.69) is 10.6 Å². The first-order valence-electron chi connectivity index (χ1n) is 9.11. The molecule has 1 aromatic carbocycles. The van der Waals surface area contributed by atoms with Crippen LogP contribution < -0.4 is 10.6 Å². The van der Waals surface area contributed by atoms with Crippen LogP contribution in [0.4, 0.5) is 13.8 Å². The summed E-state index contributed by atoms with van der Waals surface area (Å²) in [6, 6.07) is 3.28. The largest absolute Gasteiger partial charge is 0.465 e. The molecule has 0 radical (unpaired) electrons. The standard InChI is InChI=1S/C20H22F2N2O3S/c1-11(12-7-8-14(21)15(22)9-12)23-10-17(25)24-19-18(20(26)27-2)13-5-3-4-6-16(13)28-19/h7-9,11,23H,3-6,10H2,1-2H3,(H,24,25)/t11-/m1/s1. The Morgan fingerprint density at radius 3 is 2.68 bits per heavy atom. The third-order valence-electron chi connectivity index (χ3n) is 4.83. The van der Waals surface area contributed by atoms with Crippen molar-refractivity contribution >= 4 is 28.2 Å². The molecule has 8 heteroatoms. The monoisotopic (exact) mass is 408 g/mol. The van der Waals surface area contributed by atoms with Gasteiger partial charge in [-0.2, -0.15) is 0 Å². The zero-order valence-electron chi connectivity index (χ0n) is 15.7. The molecule has 150 valence electrons.